The Morgan fingerprint density at radius 2 is 1.91 bits per heavy atom. The van der Waals surface area contributed by atoms with Crippen LogP contribution in [-0.4, -0.2) is 29.9 Å². The minimum atomic E-state index is -0.0770. The molecule has 1 aromatic heterocycles. The Balaban J connectivity index is 1.57. The van der Waals surface area contributed by atoms with E-state index in [1.54, 1.807) is 17.0 Å². The molecule has 0 spiro atoms. The van der Waals surface area contributed by atoms with Crippen molar-refractivity contribution in [2.24, 2.45) is 5.73 Å². The number of nitrogens with zero attached hydrogens (tertiary/aromatic N) is 1. The molecule has 1 aliphatic heterocycles. The molecule has 2 heterocycles. The lowest BCUT2D eigenvalue weighted by atomic mass is 10.1. The predicted octanol–water partition coefficient (Wildman–Crippen LogP) is 3.18. The molecular weight excluding hydrogens is 360 g/mol. The maximum atomic E-state index is 12.4. The molecule has 1 amide bonds. The van der Waals surface area contributed by atoms with Crippen LogP contribution in [0.5, 0.6) is 5.75 Å². The van der Waals surface area contributed by atoms with Gasteiger partial charge < -0.3 is 19.8 Å². The van der Waals surface area contributed by atoms with Gasteiger partial charge in [-0.1, -0.05) is 15.9 Å². The molecule has 0 unspecified atom stereocenters. The number of hydrogen-bond acceptors (Lipinski definition) is 4. The van der Waals surface area contributed by atoms with Gasteiger partial charge in [-0.05, 0) is 49.2 Å². The summed E-state index contributed by atoms with van der Waals surface area (Å²) in [6.07, 6.45) is 1.68. The summed E-state index contributed by atoms with van der Waals surface area (Å²) < 4.78 is 12.3. The number of carbonyl (C=O) groups is 1. The van der Waals surface area contributed by atoms with Crippen LogP contribution in [0.4, 0.5) is 0 Å². The first-order valence-corrected chi connectivity index (χ1v) is 8.43. The molecule has 3 rings (SSSR count). The molecule has 0 radical (unpaired) electrons. The van der Waals surface area contributed by atoms with Crippen molar-refractivity contribution in [3.63, 3.8) is 0 Å². The van der Waals surface area contributed by atoms with Crippen LogP contribution in [0.25, 0.3) is 0 Å². The van der Waals surface area contributed by atoms with Crippen molar-refractivity contribution < 1.29 is 13.9 Å². The van der Waals surface area contributed by atoms with Crippen molar-refractivity contribution >= 4 is 21.8 Å². The summed E-state index contributed by atoms with van der Waals surface area (Å²) in [7, 11) is 0. The molecule has 5 nitrogen and oxygen atoms in total. The Morgan fingerprint density at radius 1 is 1.22 bits per heavy atom. The van der Waals surface area contributed by atoms with Gasteiger partial charge in [0.15, 0.2) is 5.76 Å². The zero-order chi connectivity index (χ0) is 16.2. The first-order valence-electron chi connectivity index (χ1n) is 7.64. The number of hydrogen-bond donors (Lipinski definition) is 1. The second-order valence-electron chi connectivity index (χ2n) is 5.64. The Kier molecular flexibility index (Phi) is 5.03. The molecule has 122 valence electrons. The van der Waals surface area contributed by atoms with Gasteiger partial charge in [0, 0.05) is 23.6 Å². The maximum Gasteiger partial charge on any atom is 0.289 e. The lowest BCUT2D eigenvalue weighted by molar-refractivity contribution is 0.0678. The average Bonchev–Trinajstić information content (AvgIpc) is 3.03. The van der Waals surface area contributed by atoms with Crippen LogP contribution in [0, 0.1) is 0 Å². The van der Waals surface area contributed by atoms with Crippen LogP contribution >= 0.6 is 15.9 Å². The van der Waals surface area contributed by atoms with E-state index in [9.17, 15) is 4.79 Å². The van der Waals surface area contributed by atoms with E-state index in [4.69, 9.17) is 14.9 Å². The third kappa shape index (κ3) is 4.14. The highest BCUT2D eigenvalue weighted by molar-refractivity contribution is 9.10. The Morgan fingerprint density at radius 3 is 2.61 bits per heavy atom. The van der Waals surface area contributed by atoms with Gasteiger partial charge in [-0.25, -0.2) is 0 Å². The van der Waals surface area contributed by atoms with E-state index >= 15 is 0 Å². The molecule has 1 aliphatic rings. The first kappa shape index (κ1) is 16.1. The zero-order valence-electron chi connectivity index (χ0n) is 12.7. The first-order chi connectivity index (χ1) is 11.1. The SMILES string of the molecule is NC1CCN(C(=O)c2ccc(COc3ccc(Br)cc3)o2)CC1. The van der Waals surface area contributed by atoms with Gasteiger partial charge in [-0.3, -0.25) is 4.79 Å². The van der Waals surface area contributed by atoms with E-state index in [2.05, 4.69) is 15.9 Å². The summed E-state index contributed by atoms with van der Waals surface area (Å²) in [5.74, 6) is 1.66. The molecule has 23 heavy (non-hydrogen) atoms. The molecule has 0 bridgehead atoms. The number of ether oxygens (including phenoxy) is 1. The number of furan rings is 1. The van der Waals surface area contributed by atoms with Gasteiger partial charge in [0.2, 0.25) is 0 Å². The van der Waals surface area contributed by atoms with Crippen LogP contribution in [-0.2, 0) is 6.61 Å². The number of carbonyl (C=O) groups excluding carboxylic acids is 1. The molecule has 0 aliphatic carbocycles. The quantitative estimate of drug-likeness (QED) is 0.886. The Hall–Kier alpha value is -1.79. The van der Waals surface area contributed by atoms with E-state index in [0.717, 1.165) is 23.1 Å². The molecule has 1 fully saturated rings. The minimum Gasteiger partial charge on any atom is -0.486 e. The Bertz CT molecular complexity index is 661. The van der Waals surface area contributed by atoms with Gasteiger partial charge >= 0.3 is 0 Å². The number of halogens is 1. The number of benzene rings is 1. The smallest absolute Gasteiger partial charge is 0.289 e. The molecule has 2 N–H and O–H groups in total. The van der Waals surface area contributed by atoms with Gasteiger partial charge in [0.1, 0.15) is 18.1 Å². The number of likely N-dealkylation sites (tertiary alicyclic amines) is 1. The summed E-state index contributed by atoms with van der Waals surface area (Å²) >= 11 is 3.38. The second-order valence-corrected chi connectivity index (χ2v) is 6.55. The van der Waals surface area contributed by atoms with Crippen molar-refractivity contribution in [3.8, 4) is 5.75 Å². The van der Waals surface area contributed by atoms with E-state index in [1.807, 2.05) is 24.3 Å². The fourth-order valence-corrected chi connectivity index (χ4v) is 2.78. The minimum absolute atomic E-state index is 0.0770. The van der Waals surface area contributed by atoms with Crippen molar-refractivity contribution in [1.82, 2.24) is 4.90 Å². The van der Waals surface area contributed by atoms with Crippen LogP contribution in [0.1, 0.15) is 29.2 Å². The highest BCUT2D eigenvalue weighted by Crippen LogP contribution is 2.19. The molecule has 2 aromatic rings. The van der Waals surface area contributed by atoms with Crippen molar-refractivity contribution in [1.29, 1.82) is 0 Å². The summed E-state index contributed by atoms with van der Waals surface area (Å²) in [4.78, 5) is 14.2. The average molecular weight is 379 g/mol. The maximum absolute atomic E-state index is 12.4. The van der Waals surface area contributed by atoms with Crippen LogP contribution in [0.15, 0.2) is 45.3 Å². The van der Waals surface area contributed by atoms with Crippen molar-refractivity contribution in [2.45, 2.75) is 25.5 Å². The van der Waals surface area contributed by atoms with E-state index in [1.165, 1.54) is 0 Å². The molecule has 6 heteroatoms. The van der Waals surface area contributed by atoms with Crippen LogP contribution in [0.2, 0.25) is 0 Å². The van der Waals surface area contributed by atoms with Crippen LogP contribution in [0.3, 0.4) is 0 Å². The van der Waals surface area contributed by atoms with E-state index in [0.29, 0.717) is 31.2 Å². The molecule has 0 saturated carbocycles. The third-order valence-electron chi connectivity index (χ3n) is 3.89. The lowest BCUT2D eigenvalue weighted by Gasteiger charge is -2.29. The predicted molar refractivity (Wildman–Crippen MR) is 90.3 cm³/mol. The fourth-order valence-electron chi connectivity index (χ4n) is 2.51. The standard InChI is InChI=1S/C17H19BrN2O3/c18-12-1-3-14(4-2-12)22-11-15-5-6-16(23-15)17(21)20-9-7-13(19)8-10-20/h1-6,13H,7-11,19H2. The normalized spacial score (nSPS) is 15.7. The largest absolute Gasteiger partial charge is 0.486 e. The van der Waals surface area contributed by atoms with Gasteiger partial charge in [0.25, 0.3) is 5.91 Å². The third-order valence-corrected chi connectivity index (χ3v) is 4.42. The molecule has 1 saturated heterocycles. The number of amides is 1. The van der Waals surface area contributed by atoms with Gasteiger partial charge in [0.05, 0.1) is 0 Å². The molecule has 1 aromatic carbocycles. The summed E-state index contributed by atoms with van der Waals surface area (Å²) in [6, 6.07) is 11.2. The number of rotatable bonds is 4. The van der Waals surface area contributed by atoms with E-state index < -0.39 is 0 Å². The number of piperidine rings is 1. The monoisotopic (exact) mass is 378 g/mol. The van der Waals surface area contributed by atoms with Crippen molar-refractivity contribution in [2.75, 3.05) is 13.1 Å². The topological polar surface area (TPSA) is 68.7 Å². The van der Waals surface area contributed by atoms with Crippen molar-refractivity contribution in [3.05, 3.63) is 52.4 Å². The summed E-state index contributed by atoms with van der Waals surface area (Å²) in [6.45, 7) is 1.66. The van der Waals surface area contributed by atoms with Crippen LogP contribution < -0.4 is 10.5 Å². The second kappa shape index (κ2) is 7.19. The van der Waals surface area contributed by atoms with Gasteiger partial charge in [-0.2, -0.15) is 0 Å². The number of nitrogens with two attached hydrogens (primary N) is 1. The lowest BCUT2D eigenvalue weighted by Crippen LogP contribution is -2.42. The zero-order valence-corrected chi connectivity index (χ0v) is 14.3. The fraction of sp³-hybridized carbons (Fsp3) is 0.353. The molecular formula is C17H19BrN2O3. The summed E-state index contributed by atoms with van der Waals surface area (Å²) in [5, 5.41) is 0. The molecule has 0 atom stereocenters. The van der Waals surface area contributed by atoms with Gasteiger partial charge in [-0.15, -0.1) is 0 Å². The van der Waals surface area contributed by atoms with E-state index in [-0.39, 0.29) is 11.9 Å². The summed E-state index contributed by atoms with van der Waals surface area (Å²) in [5.41, 5.74) is 5.86. The highest BCUT2D eigenvalue weighted by Gasteiger charge is 2.23. The highest BCUT2D eigenvalue weighted by atomic mass is 79.9. The Labute approximate surface area is 143 Å².